The number of carbonyl (C=O) groups is 1. The van der Waals surface area contributed by atoms with E-state index in [-0.39, 0.29) is 0 Å². The molecule has 0 aliphatic rings. The maximum absolute atomic E-state index is 11.0. The molecule has 0 saturated carbocycles. The number of rotatable bonds is 4. The average Bonchev–Trinajstić information content (AvgIpc) is 2.30. The summed E-state index contributed by atoms with van der Waals surface area (Å²) >= 11 is 0. The zero-order valence-electron chi connectivity index (χ0n) is 10.2. The zero-order chi connectivity index (χ0) is 12.7. The van der Waals surface area contributed by atoms with Crippen molar-refractivity contribution in [2.24, 2.45) is 0 Å². The van der Waals surface area contributed by atoms with Gasteiger partial charge >= 0.3 is 6.16 Å². The van der Waals surface area contributed by atoms with E-state index in [1.165, 1.54) is 0 Å². The van der Waals surface area contributed by atoms with Gasteiger partial charge in [-0.05, 0) is 37.6 Å². The second-order valence-electron chi connectivity index (χ2n) is 3.31. The molecule has 17 heavy (non-hydrogen) atoms. The van der Waals surface area contributed by atoms with Crippen LogP contribution in [0.25, 0.3) is 6.08 Å². The van der Waals surface area contributed by atoms with E-state index in [4.69, 9.17) is 9.47 Å². The molecule has 4 heteroatoms. The number of ether oxygens (including phenoxy) is 3. The first-order valence-electron chi connectivity index (χ1n) is 5.32. The normalized spacial score (nSPS) is 10.9. The van der Waals surface area contributed by atoms with E-state index in [2.05, 4.69) is 4.74 Å². The lowest BCUT2D eigenvalue weighted by Crippen LogP contribution is -2.05. The van der Waals surface area contributed by atoms with Gasteiger partial charge in [0.05, 0.1) is 13.7 Å². The molecule has 0 aliphatic heterocycles. The second kappa shape index (κ2) is 6.58. The highest BCUT2D eigenvalue weighted by atomic mass is 16.7. The van der Waals surface area contributed by atoms with Crippen molar-refractivity contribution >= 4 is 12.2 Å². The Labute approximate surface area is 101 Å². The first-order valence-corrected chi connectivity index (χ1v) is 5.32. The zero-order valence-corrected chi connectivity index (χ0v) is 10.2. The van der Waals surface area contributed by atoms with Gasteiger partial charge in [-0.3, -0.25) is 0 Å². The van der Waals surface area contributed by atoms with Crippen molar-refractivity contribution in [3.8, 4) is 5.75 Å². The van der Waals surface area contributed by atoms with Crippen LogP contribution in [0.2, 0.25) is 0 Å². The fourth-order valence-corrected chi connectivity index (χ4v) is 1.24. The highest BCUT2D eigenvalue weighted by molar-refractivity contribution is 5.63. The SMILES string of the molecule is CCOC(=O)OC(C)=Cc1ccc(OC)cc1. The van der Waals surface area contributed by atoms with E-state index in [0.717, 1.165) is 11.3 Å². The lowest BCUT2D eigenvalue weighted by molar-refractivity contribution is 0.0826. The van der Waals surface area contributed by atoms with Gasteiger partial charge in [0.25, 0.3) is 0 Å². The molecule has 4 nitrogen and oxygen atoms in total. The largest absolute Gasteiger partial charge is 0.513 e. The topological polar surface area (TPSA) is 44.8 Å². The third-order valence-corrected chi connectivity index (χ3v) is 1.99. The van der Waals surface area contributed by atoms with Crippen LogP contribution in [0.5, 0.6) is 5.75 Å². The summed E-state index contributed by atoms with van der Waals surface area (Å²) in [5, 5.41) is 0. The van der Waals surface area contributed by atoms with Crippen LogP contribution in [0.4, 0.5) is 4.79 Å². The van der Waals surface area contributed by atoms with Gasteiger partial charge in [-0.15, -0.1) is 0 Å². The minimum atomic E-state index is -0.685. The quantitative estimate of drug-likeness (QED) is 0.594. The minimum absolute atomic E-state index is 0.300. The third-order valence-electron chi connectivity index (χ3n) is 1.99. The molecule has 0 heterocycles. The fraction of sp³-hybridized carbons (Fsp3) is 0.308. The third kappa shape index (κ3) is 4.59. The number of hydrogen-bond donors (Lipinski definition) is 0. The van der Waals surface area contributed by atoms with Gasteiger partial charge in [0.15, 0.2) is 0 Å². The van der Waals surface area contributed by atoms with Gasteiger partial charge < -0.3 is 14.2 Å². The van der Waals surface area contributed by atoms with E-state index < -0.39 is 6.16 Å². The monoisotopic (exact) mass is 236 g/mol. The Morgan fingerprint density at radius 3 is 2.47 bits per heavy atom. The molecule has 92 valence electrons. The molecule has 0 unspecified atom stereocenters. The number of benzene rings is 1. The number of methoxy groups -OCH3 is 1. The first-order chi connectivity index (χ1) is 8.15. The molecular formula is C13H16O4. The van der Waals surface area contributed by atoms with E-state index >= 15 is 0 Å². The molecule has 1 rings (SSSR count). The summed E-state index contributed by atoms with van der Waals surface area (Å²) in [7, 11) is 1.61. The van der Waals surface area contributed by atoms with Crippen molar-refractivity contribution in [2.75, 3.05) is 13.7 Å². The molecule has 0 aromatic heterocycles. The van der Waals surface area contributed by atoms with Crippen LogP contribution in [-0.4, -0.2) is 19.9 Å². The minimum Gasteiger partial charge on any atom is -0.497 e. The van der Waals surface area contributed by atoms with Crippen molar-refractivity contribution in [3.05, 3.63) is 35.6 Å². The van der Waals surface area contributed by atoms with Crippen LogP contribution in [0.3, 0.4) is 0 Å². The fourth-order valence-electron chi connectivity index (χ4n) is 1.24. The van der Waals surface area contributed by atoms with Gasteiger partial charge in [0.2, 0.25) is 0 Å². The van der Waals surface area contributed by atoms with Crippen LogP contribution >= 0.6 is 0 Å². The Morgan fingerprint density at radius 2 is 1.94 bits per heavy atom. The summed E-state index contributed by atoms with van der Waals surface area (Å²) < 4.78 is 14.6. The average molecular weight is 236 g/mol. The Kier molecular flexibility index (Phi) is 5.07. The summed E-state index contributed by atoms with van der Waals surface area (Å²) in [5.74, 6) is 1.26. The predicted octanol–water partition coefficient (Wildman–Crippen LogP) is 3.23. The van der Waals surface area contributed by atoms with Crippen LogP contribution in [0.15, 0.2) is 30.0 Å². The summed E-state index contributed by atoms with van der Waals surface area (Å²) in [5.41, 5.74) is 0.924. The highest BCUT2D eigenvalue weighted by Crippen LogP contribution is 2.14. The summed E-state index contributed by atoms with van der Waals surface area (Å²) in [6.07, 6.45) is 1.06. The van der Waals surface area contributed by atoms with Gasteiger partial charge in [0.1, 0.15) is 11.5 Å². The van der Waals surface area contributed by atoms with Crippen LogP contribution < -0.4 is 4.74 Å². The van der Waals surface area contributed by atoms with Crippen molar-refractivity contribution in [3.63, 3.8) is 0 Å². The maximum atomic E-state index is 11.0. The smallest absolute Gasteiger partial charge is 0.497 e. The molecule has 0 aliphatic carbocycles. The Bertz CT molecular complexity index is 392. The molecule has 0 N–H and O–H groups in total. The van der Waals surface area contributed by atoms with Crippen molar-refractivity contribution in [1.82, 2.24) is 0 Å². The highest BCUT2D eigenvalue weighted by Gasteiger charge is 2.03. The van der Waals surface area contributed by atoms with Crippen LogP contribution in [0, 0.1) is 0 Å². The Balaban J connectivity index is 2.63. The maximum Gasteiger partial charge on any atom is 0.513 e. The number of carbonyl (C=O) groups excluding carboxylic acids is 1. The van der Waals surface area contributed by atoms with Gasteiger partial charge in [-0.2, -0.15) is 0 Å². The predicted molar refractivity (Wildman–Crippen MR) is 64.8 cm³/mol. The molecule has 1 aromatic rings. The summed E-state index contributed by atoms with van der Waals surface area (Å²) in [6, 6.07) is 7.42. The van der Waals surface area contributed by atoms with Crippen molar-refractivity contribution in [1.29, 1.82) is 0 Å². The van der Waals surface area contributed by atoms with Crippen LogP contribution in [0.1, 0.15) is 19.4 Å². The molecule has 1 aromatic carbocycles. The van der Waals surface area contributed by atoms with E-state index in [0.29, 0.717) is 12.4 Å². The standard InChI is InChI=1S/C13H16O4/c1-4-16-13(14)17-10(2)9-11-5-7-12(15-3)8-6-11/h5-9H,4H2,1-3H3. The van der Waals surface area contributed by atoms with Crippen molar-refractivity contribution in [2.45, 2.75) is 13.8 Å². The van der Waals surface area contributed by atoms with Gasteiger partial charge in [0, 0.05) is 0 Å². The van der Waals surface area contributed by atoms with Crippen molar-refractivity contribution < 1.29 is 19.0 Å². The molecule has 0 atom stereocenters. The van der Waals surface area contributed by atoms with Gasteiger partial charge in [-0.25, -0.2) is 4.79 Å². The van der Waals surface area contributed by atoms with Gasteiger partial charge in [-0.1, -0.05) is 12.1 Å². The Morgan fingerprint density at radius 1 is 1.29 bits per heavy atom. The molecule has 0 spiro atoms. The Hall–Kier alpha value is -1.97. The molecule has 0 saturated heterocycles. The summed E-state index contributed by atoms with van der Waals surface area (Å²) in [6.45, 7) is 3.72. The van der Waals surface area contributed by atoms with E-state index in [1.807, 2.05) is 24.3 Å². The number of allylic oxidation sites excluding steroid dienone is 1. The van der Waals surface area contributed by atoms with Crippen LogP contribution in [-0.2, 0) is 9.47 Å². The van der Waals surface area contributed by atoms with E-state index in [1.54, 1.807) is 27.0 Å². The number of hydrogen-bond acceptors (Lipinski definition) is 4. The lowest BCUT2D eigenvalue weighted by atomic mass is 10.2. The summed E-state index contributed by atoms with van der Waals surface area (Å²) in [4.78, 5) is 11.0. The van der Waals surface area contributed by atoms with E-state index in [9.17, 15) is 4.79 Å². The second-order valence-corrected chi connectivity index (χ2v) is 3.31. The molecule has 0 radical (unpaired) electrons. The molecule has 0 bridgehead atoms. The molecule has 0 fully saturated rings. The lowest BCUT2D eigenvalue weighted by Gasteiger charge is -2.04. The molecule has 0 amide bonds. The first kappa shape index (κ1) is 13.1. The molecular weight excluding hydrogens is 220 g/mol.